The molecule has 0 aliphatic heterocycles. The Morgan fingerprint density at radius 2 is 2.17 bits per heavy atom. The Bertz CT molecular complexity index is 580. The first-order valence-corrected chi connectivity index (χ1v) is 6.40. The Hall–Kier alpha value is -1.95. The van der Waals surface area contributed by atoms with Crippen LogP contribution in [0, 0.1) is 24.0 Å². The zero-order valence-electron chi connectivity index (χ0n) is 10.1. The van der Waals surface area contributed by atoms with E-state index in [9.17, 15) is 10.1 Å². The lowest BCUT2D eigenvalue weighted by molar-refractivity contribution is -0.385. The average Bonchev–Trinajstić information content (AvgIpc) is 2.72. The lowest BCUT2D eigenvalue weighted by Crippen LogP contribution is -2.03. The molecule has 6 heteroatoms. The number of nitrogens with zero attached hydrogens (tertiary/aromatic N) is 2. The molecule has 0 saturated heterocycles. The molecular weight excluding hydrogens is 250 g/mol. The van der Waals surface area contributed by atoms with Crippen LogP contribution in [-0.4, -0.2) is 9.91 Å². The van der Waals surface area contributed by atoms with E-state index in [0.717, 1.165) is 0 Å². The number of anilines is 1. The van der Waals surface area contributed by atoms with E-state index < -0.39 is 4.92 Å². The number of thiophene rings is 1. The molecule has 0 unspecified atom stereocenters. The van der Waals surface area contributed by atoms with Crippen molar-refractivity contribution in [2.75, 3.05) is 5.32 Å². The zero-order valence-corrected chi connectivity index (χ0v) is 11.0. The molecule has 2 aromatic heterocycles. The zero-order chi connectivity index (χ0) is 13.1. The molecule has 0 aliphatic carbocycles. The Morgan fingerprint density at radius 3 is 2.72 bits per heavy atom. The van der Waals surface area contributed by atoms with E-state index in [0.29, 0.717) is 18.1 Å². The van der Waals surface area contributed by atoms with Gasteiger partial charge in [-0.2, -0.15) is 11.3 Å². The van der Waals surface area contributed by atoms with Crippen molar-refractivity contribution in [1.82, 2.24) is 4.98 Å². The van der Waals surface area contributed by atoms with Crippen LogP contribution in [-0.2, 0) is 6.54 Å². The smallest absolute Gasteiger partial charge is 0.290 e. The van der Waals surface area contributed by atoms with Gasteiger partial charge < -0.3 is 5.32 Å². The van der Waals surface area contributed by atoms with Gasteiger partial charge in [-0.25, -0.2) is 4.98 Å². The second-order valence-electron chi connectivity index (χ2n) is 3.99. The molecule has 0 fully saturated rings. The third-order valence-corrected chi connectivity index (χ3v) is 3.59. The van der Waals surface area contributed by atoms with Gasteiger partial charge in [0.15, 0.2) is 0 Å². The fourth-order valence-corrected chi connectivity index (χ4v) is 2.46. The van der Waals surface area contributed by atoms with Crippen LogP contribution in [0.15, 0.2) is 22.9 Å². The lowest BCUT2D eigenvalue weighted by atomic mass is 10.2. The van der Waals surface area contributed by atoms with Crippen molar-refractivity contribution in [2.45, 2.75) is 20.4 Å². The highest BCUT2D eigenvalue weighted by Crippen LogP contribution is 2.19. The van der Waals surface area contributed by atoms with Gasteiger partial charge in [0.2, 0.25) is 0 Å². The number of hydrogen-bond donors (Lipinski definition) is 1. The van der Waals surface area contributed by atoms with Gasteiger partial charge in [0, 0.05) is 12.6 Å². The average molecular weight is 263 g/mol. The number of nitrogens with one attached hydrogen (secondary N) is 1. The third-order valence-electron chi connectivity index (χ3n) is 2.68. The highest BCUT2D eigenvalue weighted by atomic mass is 32.1. The van der Waals surface area contributed by atoms with Gasteiger partial charge in [-0.15, -0.1) is 0 Å². The molecule has 2 heterocycles. The van der Waals surface area contributed by atoms with Crippen LogP contribution in [0.5, 0.6) is 0 Å². The van der Waals surface area contributed by atoms with Crippen molar-refractivity contribution in [1.29, 1.82) is 0 Å². The molecule has 1 N–H and O–H groups in total. The van der Waals surface area contributed by atoms with Crippen LogP contribution in [0.3, 0.4) is 0 Å². The summed E-state index contributed by atoms with van der Waals surface area (Å²) in [7, 11) is 0. The maximum Gasteiger partial charge on any atom is 0.290 e. The van der Waals surface area contributed by atoms with Gasteiger partial charge in [0.05, 0.1) is 4.92 Å². The molecular formula is C12H13N3O2S. The number of rotatable bonds is 4. The third kappa shape index (κ3) is 2.65. The Kier molecular flexibility index (Phi) is 3.57. The van der Waals surface area contributed by atoms with E-state index in [4.69, 9.17) is 0 Å². The van der Waals surface area contributed by atoms with Crippen molar-refractivity contribution < 1.29 is 4.92 Å². The highest BCUT2D eigenvalue weighted by Gasteiger charge is 2.11. The van der Waals surface area contributed by atoms with Crippen LogP contribution < -0.4 is 5.32 Å². The van der Waals surface area contributed by atoms with Crippen molar-refractivity contribution in [3.63, 3.8) is 0 Å². The summed E-state index contributed by atoms with van der Waals surface area (Å²) >= 11 is 1.66. The highest BCUT2D eigenvalue weighted by molar-refractivity contribution is 7.08. The van der Waals surface area contributed by atoms with E-state index in [-0.39, 0.29) is 5.69 Å². The molecule has 0 amide bonds. The van der Waals surface area contributed by atoms with Crippen molar-refractivity contribution in [2.24, 2.45) is 0 Å². The SMILES string of the molecule is Cc1cscc1CNc1ccc([N+](=O)[O-])c(C)n1. The summed E-state index contributed by atoms with van der Waals surface area (Å²) in [6.07, 6.45) is 0. The van der Waals surface area contributed by atoms with E-state index >= 15 is 0 Å². The van der Waals surface area contributed by atoms with Gasteiger partial charge in [0.25, 0.3) is 5.69 Å². The standard InChI is InChI=1S/C12H13N3O2S/c1-8-6-18-7-10(8)5-13-12-4-3-11(15(16)17)9(2)14-12/h3-4,6-7H,5H2,1-2H3,(H,13,14). The normalized spacial score (nSPS) is 10.3. The monoisotopic (exact) mass is 263 g/mol. The fraction of sp³-hybridized carbons (Fsp3) is 0.250. The lowest BCUT2D eigenvalue weighted by Gasteiger charge is -2.06. The van der Waals surface area contributed by atoms with Gasteiger partial charge in [-0.3, -0.25) is 10.1 Å². The predicted molar refractivity (Wildman–Crippen MR) is 72.0 cm³/mol. The first kappa shape index (κ1) is 12.5. The molecule has 0 radical (unpaired) electrons. The van der Waals surface area contributed by atoms with Gasteiger partial charge in [-0.05, 0) is 41.8 Å². The summed E-state index contributed by atoms with van der Waals surface area (Å²) in [6.45, 7) is 4.38. The first-order valence-electron chi connectivity index (χ1n) is 5.45. The van der Waals surface area contributed by atoms with Crippen LogP contribution in [0.2, 0.25) is 0 Å². The first-order chi connectivity index (χ1) is 8.58. The van der Waals surface area contributed by atoms with Crippen LogP contribution in [0.1, 0.15) is 16.8 Å². The summed E-state index contributed by atoms with van der Waals surface area (Å²) in [5, 5.41) is 18.0. The number of nitro groups is 1. The number of hydrogen-bond acceptors (Lipinski definition) is 5. The van der Waals surface area contributed by atoms with Gasteiger partial charge >= 0.3 is 0 Å². The van der Waals surface area contributed by atoms with Crippen molar-refractivity contribution in [3.8, 4) is 0 Å². The van der Waals surface area contributed by atoms with Gasteiger partial charge in [-0.1, -0.05) is 0 Å². The summed E-state index contributed by atoms with van der Waals surface area (Å²) in [5.74, 6) is 0.656. The maximum absolute atomic E-state index is 10.7. The minimum absolute atomic E-state index is 0.0484. The van der Waals surface area contributed by atoms with E-state index in [2.05, 4.69) is 28.0 Å². The summed E-state index contributed by atoms with van der Waals surface area (Å²) < 4.78 is 0. The topological polar surface area (TPSA) is 68.1 Å². The summed E-state index contributed by atoms with van der Waals surface area (Å²) in [5.41, 5.74) is 2.93. The second-order valence-corrected chi connectivity index (χ2v) is 4.74. The quantitative estimate of drug-likeness (QED) is 0.679. The fourth-order valence-electron chi connectivity index (χ4n) is 1.60. The van der Waals surface area contributed by atoms with Crippen LogP contribution in [0.4, 0.5) is 11.5 Å². The predicted octanol–water partition coefficient (Wildman–Crippen LogP) is 3.28. The minimum Gasteiger partial charge on any atom is -0.366 e. The molecule has 0 spiro atoms. The largest absolute Gasteiger partial charge is 0.366 e. The number of aromatic nitrogens is 1. The Morgan fingerprint density at radius 1 is 1.39 bits per heavy atom. The molecule has 0 saturated carbocycles. The number of aryl methyl sites for hydroxylation is 2. The van der Waals surface area contributed by atoms with E-state index in [1.807, 2.05) is 0 Å². The molecule has 0 bridgehead atoms. The Balaban J connectivity index is 2.09. The summed E-state index contributed by atoms with van der Waals surface area (Å²) in [4.78, 5) is 14.4. The molecule has 0 atom stereocenters. The molecule has 0 aliphatic rings. The Labute approximate surface area is 109 Å². The molecule has 0 aromatic carbocycles. The molecule has 5 nitrogen and oxygen atoms in total. The molecule has 2 rings (SSSR count). The summed E-state index contributed by atoms with van der Waals surface area (Å²) in [6, 6.07) is 3.11. The molecule has 18 heavy (non-hydrogen) atoms. The second kappa shape index (κ2) is 5.14. The minimum atomic E-state index is -0.421. The van der Waals surface area contributed by atoms with E-state index in [1.165, 1.54) is 17.2 Å². The molecule has 2 aromatic rings. The van der Waals surface area contributed by atoms with Crippen LogP contribution in [0.25, 0.3) is 0 Å². The van der Waals surface area contributed by atoms with Gasteiger partial charge in [0.1, 0.15) is 11.5 Å². The maximum atomic E-state index is 10.7. The van der Waals surface area contributed by atoms with Crippen LogP contribution >= 0.6 is 11.3 Å². The molecule has 94 valence electrons. The van der Waals surface area contributed by atoms with E-state index in [1.54, 1.807) is 24.3 Å². The van der Waals surface area contributed by atoms with Crippen molar-refractivity contribution >= 4 is 22.8 Å². The van der Waals surface area contributed by atoms with Crippen molar-refractivity contribution in [3.05, 3.63) is 49.8 Å². The number of pyridine rings is 1.